The summed E-state index contributed by atoms with van der Waals surface area (Å²) in [7, 11) is 0. The maximum atomic E-state index is 8.38. The molecule has 0 bridgehead atoms. The minimum atomic E-state index is 0. The monoisotopic (exact) mass is 173 g/mol. The molecule has 1 rings (SSSR count). The Morgan fingerprint density at radius 2 is 1.90 bits per heavy atom. The highest BCUT2D eigenvalue weighted by Gasteiger charge is 1.92. The second-order valence-corrected chi connectivity index (χ2v) is 2.00. The van der Waals surface area contributed by atoms with Crippen LogP contribution in [0.5, 0.6) is 0 Å². The zero-order valence-electron chi connectivity index (χ0n) is 5.04. The first-order chi connectivity index (χ1) is 4.34. The summed E-state index contributed by atoms with van der Waals surface area (Å²) in [5.74, 6) is 0. The van der Waals surface area contributed by atoms with Crippen LogP contribution in [-0.2, 0) is 0 Å². The Morgan fingerprint density at radius 1 is 1.30 bits per heavy atom. The third kappa shape index (κ3) is 1.91. The van der Waals surface area contributed by atoms with Crippen LogP contribution in [0.25, 0.3) is 0 Å². The summed E-state index contributed by atoms with van der Waals surface area (Å²) >= 11 is 5.60. The lowest BCUT2D eigenvalue weighted by molar-refractivity contribution is 1.48. The van der Waals surface area contributed by atoms with Gasteiger partial charge in [0.05, 0.1) is 10.6 Å². The van der Waals surface area contributed by atoms with Crippen LogP contribution < -0.4 is 0 Å². The van der Waals surface area contributed by atoms with Crippen molar-refractivity contribution in [2.45, 2.75) is 0 Å². The van der Waals surface area contributed by atoms with E-state index in [1.807, 2.05) is 6.07 Å². The van der Waals surface area contributed by atoms with Crippen molar-refractivity contribution in [2.75, 3.05) is 0 Å². The van der Waals surface area contributed by atoms with Crippen molar-refractivity contribution in [1.82, 2.24) is 0 Å². The van der Waals surface area contributed by atoms with Crippen LogP contribution in [0.4, 0.5) is 0 Å². The predicted octanol–water partition coefficient (Wildman–Crippen LogP) is 2.63. The maximum Gasteiger partial charge on any atom is 0.101 e. The smallest absolute Gasteiger partial charge is 0.101 e. The Hall–Kier alpha value is -0.710. The Labute approximate surface area is 70.6 Å². The van der Waals surface area contributed by atoms with E-state index in [1.165, 1.54) is 0 Å². The summed E-state index contributed by atoms with van der Waals surface area (Å²) < 4.78 is 0. The Morgan fingerprint density at radius 3 is 2.30 bits per heavy atom. The zero-order valence-corrected chi connectivity index (χ0v) is 6.62. The number of nitriles is 1. The zero-order chi connectivity index (χ0) is 6.69. The number of benzene rings is 1. The normalized spacial score (nSPS) is 7.60. The van der Waals surface area contributed by atoms with E-state index < -0.39 is 0 Å². The fourth-order valence-corrected chi connectivity index (χ4v) is 0.730. The molecule has 0 saturated carbocycles. The molecule has 0 aromatic heterocycles. The van der Waals surface area contributed by atoms with Gasteiger partial charge in [0, 0.05) is 0 Å². The van der Waals surface area contributed by atoms with Gasteiger partial charge in [-0.25, -0.2) is 0 Å². The summed E-state index contributed by atoms with van der Waals surface area (Å²) in [5, 5.41) is 8.90. The molecule has 3 heteroatoms. The first-order valence-corrected chi connectivity index (χ1v) is 2.87. The fraction of sp³-hybridized carbons (Fsp3) is 0. The molecule has 0 unspecified atom stereocenters. The van der Waals surface area contributed by atoms with Gasteiger partial charge in [-0.2, -0.15) is 5.26 Å². The Balaban J connectivity index is 0.000000810. The summed E-state index contributed by atoms with van der Waals surface area (Å²) in [4.78, 5) is 0. The van der Waals surface area contributed by atoms with Crippen molar-refractivity contribution in [3.8, 4) is 6.07 Å². The van der Waals surface area contributed by atoms with Crippen LogP contribution in [-0.4, -0.2) is 0 Å². The van der Waals surface area contributed by atoms with Crippen LogP contribution in [0.15, 0.2) is 24.3 Å². The minimum absolute atomic E-state index is 0. The van der Waals surface area contributed by atoms with Gasteiger partial charge in [0.1, 0.15) is 6.07 Å². The van der Waals surface area contributed by atoms with E-state index in [0.717, 1.165) is 0 Å². The lowest BCUT2D eigenvalue weighted by Crippen LogP contribution is -1.71. The van der Waals surface area contributed by atoms with Gasteiger partial charge >= 0.3 is 0 Å². The van der Waals surface area contributed by atoms with Crippen molar-refractivity contribution < 1.29 is 0 Å². The van der Waals surface area contributed by atoms with Crippen LogP contribution in [0.2, 0.25) is 5.02 Å². The standard InChI is InChI=1S/C7H4ClN.ClH/c8-7-4-2-1-3-6(7)5-9;/h1-4H;1H. The largest absolute Gasteiger partial charge is 0.192 e. The van der Waals surface area contributed by atoms with Gasteiger partial charge < -0.3 is 0 Å². The number of nitrogens with zero attached hydrogens (tertiary/aromatic N) is 1. The Kier molecular flexibility index (Phi) is 3.87. The van der Waals surface area contributed by atoms with Gasteiger partial charge in [-0.05, 0) is 12.1 Å². The number of halogens is 2. The summed E-state index contributed by atoms with van der Waals surface area (Å²) in [6, 6.07) is 8.92. The maximum absolute atomic E-state index is 8.38. The molecule has 1 aromatic rings. The van der Waals surface area contributed by atoms with Crippen molar-refractivity contribution in [1.29, 1.82) is 5.26 Å². The van der Waals surface area contributed by atoms with E-state index in [0.29, 0.717) is 10.6 Å². The molecule has 0 aliphatic rings. The molecular weight excluding hydrogens is 169 g/mol. The molecule has 0 fully saturated rings. The molecule has 1 nitrogen and oxygen atoms in total. The second-order valence-electron chi connectivity index (χ2n) is 1.59. The van der Waals surface area contributed by atoms with Crippen molar-refractivity contribution in [2.24, 2.45) is 0 Å². The molecular formula is C7H5Cl2N. The van der Waals surface area contributed by atoms with Gasteiger partial charge in [0.15, 0.2) is 0 Å². The highest BCUT2D eigenvalue weighted by molar-refractivity contribution is 6.31. The average Bonchev–Trinajstić information content (AvgIpc) is 1.89. The quantitative estimate of drug-likeness (QED) is 0.592. The highest BCUT2D eigenvalue weighted by Crippen LogP contribution is 2.12. The summed E-state index contributed by atoms with van der Waals surface area (Å²) in [6.45, 7) is 0. The number of hydrogen-bond acceptors (Lipinski definition) is 1. The van der Waals surface area contributed by atoms with Gasteiger partial charge in [0.2, 0.25) is 0 Å². The van der Waals surface area contributed by atoms with Crippen LogP contribution >= 0.6 is 24.0 Å². The molecule has 52 valence electrons. The second kappa shape index (κ2) is 4.16. The summed E-state index contributed by atoms with van der Waals surface area (Å²) in [5.41, 5.74) is 0.527. The molecule has 0 atom stereocenters. The van der Waals surface area contributed by atoms with E-state index >= 15 is 0 Å². The molecule has 0 saturated heterocycles. The van der Waals surface area contributed by atoms with Gasteiger partial charge in [-0.3, -0.25) is 0 Å². The van der Waals surface area contributed by atoms with Crippen LogP contribution in [0, 0.1) is 11.3 Å². The molecule has 1 aromatic carbocycles. The van der Waals surface area contributed by atoms with Gasteiger partial charge in [0.25, 0.3) is 0 Å². The SMILES string of the molecule is Cl.N#Cc1ccccc1Cl. The van der Waals surface area contributed by atoms with E-state index in [9.17, 15) is 0 Å². The lowest BCUT2D eigenvalue weighted by Gasteiger charge is -1.88. The van der Waals surface area contributed by atoms with Crippen molar-refractivity contribution >= 4 is 24.0 Å². The topological polar surface area (TPSA) is 23.8 Å². The van der Waals surface area contributed by atoms with Gasteiger partial charge in [-0.15, -0.1) is 12.4 Å². The van der Waals surface area contributed by atoms with Crippen molar-refractivity contribution in [3.05, 3.63) is 34.9 Å². The highest BCUT2D eigenvalue weighted by atomic mass is 35.5. The molecule has 0 amide bonds. The molecule has 0 radical (unpaired) electrons. The lowest BCUT2D eigenvalue weighted by atomic mass is 10.2. The van der Waals surface area contributed by atoms with Crippen molar-refractivity contribution in [3.63, 3.8) is 0 Å². The minimum Gasteiger partial charge on any atom is -0.192 e. The molecule has 10 heavy (non-hydrogen) atoms. The first kappa shape index (κ1) is 9.29. The molecule has 0 spiro atoms. The fourth-order valence-electron chi connectivity index (χ4n) is 0.552. The van der Waals surface area contributed by atoms with E-state index in [1.54, 1.807) is 24.3 Å². The summed E-state index contributed by atoms with van der Waals surface area (Å²) in [6.07, 6.45) is 0. The Bertz CT molecular complexity index is 252. The molecule has 0 aliphatic heterocycles. The van der Waals surface area contributed by atoms with Crippen LogP contribution in [0.1, 0.15) is 5.56 Å². The molecule has 0 heterocycles. The number of rotatable bonds is 0. The number of hydrogen-bond donors (Lipinski definition) is 0. The van der Waals surface area contributed by atoms with Gasteiger partial charge in [-0.1, -0.05) is 23.7 Å². The van der Waals surface area contributed by atoms with E-state index in [4.69, 9.17) is 16.9 Å². The molecule has 0 N–H and O–H groups in total. The van der Waals surface area contributed by atoms with E-state index in [2.05, 4.69) is 0 Å². The van der Waals surface area contributed by atoms with E-state index in [-0.39, 0.29) is 12.4 Å². The first-order valence-electron chi connectivity index (χ1n) is 2.49. The average molecular weight is 174 g/mol. The third-order valence-corrected chi connectivity index (χ3v) is 1.32. The third-order valence-electron chi connectivity index (χ3n) is 0.994. The molecule has 0 aliphatic carbocycles. The predicted molar refractivity (Wildman–Crippen MR) is 43.4 cm³/mol. The van der Waals surface area contributed by atoms with Crippen LogP contribution in [0.3, 0.4) is 0 Å².